The number of anilines is 1. The van der Waals surface area contributed by atoms with Crippen molar-refractivity contribution >= 4 is 17.3 Å². The Bertz CT molecular complexity index is 769. The van der Waals surface area contributed by atoms with Crippen molar-refractivity contribution in [2.75, 3.05) is 5.32 Å². The zero-order chi connectivity index (χ0) is 16.4. The Morgan fingerprint density at radius 3 is 2.65 bits per heavy atom. The van der Waals surface area contributed by atoms with Gasteiger partial charge in [-0.2, -0.15) is 0 Å². The van der Waals surface area contributed by atoms with Crippen LogP contribution >= 0.6 is 0 Å². The van der Waals surface area contributed by atoms with Gasteiger partial charge in [-0.3, -0.25) is 4.79 Å². The van der Waals surface area contributed by atoms with E-state index in [0.717, 1.165) is 22.4 Å². The maximum absolute atomic E-state index is 13.0. The molecule has 0 aromatic heterocycles. The number of hydrogen-bond donors (Lipinski definition) is 1. The minimum absolute atomic E-state index is 0.238. The third-order valence-electron chi connectivity index (χ3n) is 3.78. The number of benzene rings is 2. The number of carbonyl (C=O) groups is 1. The number of rotatable bonds is 3. The lowest BCUT2D eigenvalue weighted by Crippen LogP contribution is -2.28. The Labute approximate surface area is 134 Å². The van der Waals surface area contributed by atoms with Gasteiger partial charge in [-0.05, 0) is 43.2 Å². The molecule has 1 amide bonds. The van der Waals surface area contributed by atoms with Gasteiger partial charge >= 0.3 is 0 Å². The normalized spacial score (nSPS) is 16.7. The van der Waals surface area contributed by atoms with Gasteiger partial charge < -0.3 is 10.2 Å². The van der Waals surface area contributed by atoms with Gasteiger partial charge in [0.2, 0.25) is 6.10 Å². The van der Waals surface area contributed by atoms with Crippen molar-refractivity contribution in [3.05, 3.63) is 65.0 Å². The van der Waals surface area contributed by atoms with E-state index in [1.807, 2.05) is 32.0 Å². The SMILES string of the molecule is Cc1ccc(NC(=O)C2CC(c3ccc(F)cc3)=NO2)c(C)c1. The number of carbonyl (C=O) groups excluding carboxylic acids is 1. The number of nitrogens with one attached hydrogen (secondary N) is 1. The first-order valence-corrected chi connectivity index (χ1v) is 7.39. The largest absolute Gasteiger partial charge is 0.382 e. The quantitative estimate of drug-likeness (QED) is 0.942. The first-order chi connectivity index (χ1) is 11.0. The minimum atomic E-state index is -0.671. The number of oxime groups is 1. The van der Waals surface area contributed by atoms with Crippen LogP contribution in [0.4, 0.5) is 10.1 Å². The fourth-order valence-corrected chi connectivity index (χ4v) is 2.50. The number of nitrogens with zero attached hydrogens (tertiary/aromatic N) is 1. The summed E-state index contributed by atoms with van der Waals surface area (Å²) in [6, 6.07) is 11.8. The Kier molecular flexibility index (Phi) is 4.10. The smallest absolute Gasteiger partial charge is 0.268 e. The van der Waals surface area contributed by atoms with Crippen molar-refractivity contribution in [1.82, 2.24) is 0 Å². The molecular formula is C18H17FN2O2. The second-order valence-electron chi connectivity index (χ2n) is 5.65. The molecule has 3 rings (SSSR count). The molecule has 1 atom stereocenters. The molecule has 1 heterocycles. The molecule has 0 aliphatic carbocycles. The number of amides is 1. The summed E-state index contributed by atoms with van der Waals surface area (Å²) < 4.78 is 13.0. The van der Waals surface area contributed by atoms with Crippen LogP contribution in [0.2, 0.25) is 0 Å². The molecule has 0 saturated heterocycles. The van der Waals surface area contributed by atoms with Crippen LogP contribution in [0.25, 0.3) is 0 Å². The molecule has 0 spiro atoms. The average molecular weight is 312 g/mol. The summed E-state index contributed by atoms with van der Waals surface area (Å²) >= 11 is 0. The monoisotopic (exact) mass is 312 g/mol. The van der Waals surface area contributed by atoms with Gasteiger partial charge in [-0.1, -0.05) is 35.0 Å². The average Bonchev–Trinajstić information content (AvgIpc) is 3.01. The van der Waals surface area contributed by atoms with Crippen molar-refractivity contribution in [1.29, 1.82) is 0 Å². The zero-order valence-corrected chi connectivity index (χ0v) is 13.0. The highest BCUT2D eigenvalue weighted by Crippen LogP contribution is 2.21. The van der Waals surface area contributed by atoms with E-state index in [1.54, 1.807) is 12.1 Å². The molecular weight excluding hydrogens is 295 g/mol. The predicted molar refractivity (Wildman–Crippen MR) is 87.0 cm³/mol. The van der Waals surface area contributed by atoms with Gasteiger partial charge in [0.15, 0.2) is 0 Å². The first kappa shape index (κ1) is 15.2. The molecule has 1 aliphatic heterocycles. The van der Waals surface area contributed by atoms with Crippen LogP contribution in [-0.4, -0.2) is 17.7 Å². The maximum Gasteiger partial charge on any atom is 0.268 e. The molecule has 0 radical (unpaired) electrons. The van der Waals surface area contributed by atoms with Crippen molar-refractivity contribution in [3.63, 3.8) is 0 Å². The molecule has 118 valence electrons. The highest BCUT2D eigenvalue weighted by atomic mass is 19.1. The van der Waals surface area contributed by atoms with E-state index in [0.29, 0.717) is 12.1 Å². The van der Waals surface area contributed by atoms with Crippen molar-refractivity contribution < 1.29 is 14.0 Å². The van der Waals surface area contributed by atoms with Crippen molar-refractivity contribution in [3.8, 4) is 0 Å². The van der Waals surface area contributed by atoms with Gasteiger partial charge in [-0.15, -0.1) is 0 Å². The number of hydrogen-bond acceptors (Lipinski definition) is 3. The highest BCUT2D eigenvalue weighted by molar-refractivity contribution is 6.06. The Balaban J connectivity index is 1.65. The molecule has 0 bridgehead atoms. The molecule has 1 N–H and O–H groups in total. The molecule has 23 heavy (non-hydrogen) atoms. The molecule has 4 nitrogen and oxygen atoms in total. The van der Waals surface area contributed by atoms with Crippen molar-refractivity contribution in [2.24, 2.45) is 5.16 Å². The van der Waals surface area contributed by atoms with E-state index >= 15 is 0 Å². The highest BCUT2D eigenvalue weighted by Gasteiger charge is 2.29. The maximum atomic E-state index is 13.0. The van der Waals surface area contributed by atoms with Crippen LogP contribution in [-0.2, 0) is 9.63 Å². The van der Waals surface area contributed by atoms with Crippen LogP contribution in [0, 0.1) is 19.7 Å². The van der Waals surface area contributed by atoms with E-state index in [4.69, 9.17) is 4.84 Å². The Morgan fingerprint density at radius 1 is 1.22 bits per heavy atom. The van der Waals surface area contributed by atoms with Crippen LogP contribution < -0.4 is 5.32 Å². The third kappa shape index (κ3) is 3.39. The summed E-state index contributed by atoms with van der Waals surface area (Å²) in [6.07, 6.45) is -0.307. The van der Waals surface area contributed by atoms with Gasteiger partial charge in [0, 0.05) is 12.1 Å². The molecule has 1 unspecified atom stereocenters. The van der Waals surface area contributed by atoms with Gasteiger partial charge in [0.1, 0.15) is 5.82 Å². The lowest BCUT2D eigenvalue weighted by molar-refractivity contribution is -0.125. The first-order valence-electron chi connectivity index (χ1n) is 7.39. The number of halogens is 1. The molecule has 5 heteroatoms. The van der Waals surface area contributed by atoms with Gasteiger partial charge in [-0.25, -0.2) is 4.39 Å². The van der Waals surface area contributed by atoms with Gasteiger partial charge in [0.25, 0.3) is 5.91 Å². The topological polar surface area (TPSA) is 50.7 Å². The zero-order valence-electron chi connectivity index (χ0n) is 13.0. The summed E-state index contributed by atoms with van der Waals surface area (Å²) in [5.41, 5.74) is 4.30. The molecule has 0 saturated carbocycles. The second kappa shape index (κ2) is 6.20. The summed E-state index contributed by atoms with van der Waals surface area (Å²) in [5, 5.41) is 6.81. The second-order valence-corrected chi connectivity index (χ2v) is 5.65. The van der Waals surface area contributed by atoms with Crippen LogP contribution in [0.3, 0.4) is 0 Å². The van der Waals surface area contributed by atoms with Crippen LogP contribution in [0.15, 0.2) is 47.6 Å². The molecule has 2 aromatic carbocycles. The summed E-state index contributed by atoms with van der Waals surface area (Å²) in [4.78, 5) is 17.5. The van der Waals surface area contributed by atoms with E-state index < -0.39 is 6.10 Å². The lowest BCUT2D eigenvalue weighted by Gasteiger charge is -2.12. The fraction of sp³-hybridized carbons (Fsp3) is 0.222. The van der Waals surface area contributed by atoms with Crippen LogP contribution in [0.1, 0.15) is 23.1 Å². The van der Waals surface area contributed by atoms with E-state index in [-0.39, 0.29) is 11.7 Å². The number of aryl methyl sites for hydroxylation is 2. The summed E-state index contributed by atoms with van der Waals surface area (Å²) in [6.45, 7) is 3.94. The fourth-order valence-electron chi connectivity index (χ4n) is 2.50. The van der Waals surface area contributed by atoms with E-state index in [1.165, 1.54) is 12.1 Å². The van der Waals surface area contributed by atoms with E-state index in [2.05, 4.69) is 10.5 Å². The van der Waals surface area contributed by atoms with Crippen molar-refractivity contribution in [2.45, 2.75) is 26.4 Å². The Hall–Kier alpha value is -2.69. The summed E-state index contributed by atoms with van der Waals surface area (Å²) in [7, 11) is 0. The molecule has 1 aliphatic rings. The lowest BCUT2D eigenvalue weighted by atomic mass is 10.0. The van der Waals surface area contributed by atoms with Gasteiger partial charge in [0.05, 0.1) is 5.71 Å². The standard InChI is InChI=1S/C18H17FN2O2/c1-11-3-8-15(12(2)9-11)20-18(22)17-10-16(21-23-17)13-4-6-14(19)7-5-13/h3-9,17H,10H2,1-2H3,(H,20,22). The third-order valence-corrected chi connectivity index (χ3v) is 3.78. The summed E-state index contributed by atoms with van der Waals surface area (Å²) in [5.74, 6) is -0.546. The predicted octanol–water partition coefficient (Wildman–Crippen LogP) is 3.57. The Morgan fingerprint density at radius 2 is 1.96 bits per heavy atom. The van der Waals surface area contributed by atoms with Crippen LogP contribution in [0.5, 0.6) is 0 Å². The molecule has 0 fully saturated rings. The minimum Gasteiger partial charge on any atom is -0.382 e. The van der Waals surface area contributed by atoms with E-state index in [9.17, 15) is 9.18 Å². The molecule has 2 aromatic rings.